The van der Waals surface area contributed by atoms with Gasteiger partial charge in [0.05, 0.1) is 18.9 Å². The maximum atomic E-state index is 11.9. The Hall–Kier alpha value is -1.95. The number of H-pyrrole nitrogens is 1. The van der Waals surface area contributed by atoms with Crippen molar-refractivity contribution in [2.24, 2.45) is 0 Å². The molecule has 6 nitrogen and oxygen atoms in total. The van der Waals surface area contributed by atoms with Crippen molar-refractivity contribution in [1.29, 1.82) is 0 Å². The maximum Gasteiger partial charge on any atom is 0.274 e. The Bertz CT molecular complexity index is 513. The fourth-order valence-corrected chi connectivity index (χ4v) is 1.47. The van der Waals surface area contributed by atoms with E-state index in [1.54, 1.807) is 19.4 Å². The lowest BCUT2D eigenvalue weighted by Gasteiger charge is -2.14. The van der Waals surface area contributed by atoms with Crippen molar-refractivity contribution in [3.8, 4) is 0 Å². The summed E-state index contributed by atoms with van der Waals surface area (Å²) in [5.41, 5.74) is 0.214. The van der Waals surface area contributed by atoms with Crippen LogP contribution in [-0.4, -0.2) is 37.8 Å². The Morgan fingerprint density at radius 3 is 3.00 bits per heavy atom. The van der Waals surface area contributed by atoms with Crippen LogP contribution in [0, 0.1) is 0 Å². The normalized spacial score (nSPS) is 10.2. The molecule has 0 spiro atoms. The summed E-state index contributed by atoms with van der Waals surface area (Å²) in [6.07, 6.45) is 6.09. The third kappa shape index (κ3) is 2.79. The maximum absolute atomic E-state index is 11.9. The van der Waals surface area contributed by atoms with Gasteiger partial charge in [-0.05, 0) is 0 Å². The number of aromatic nitrogens is 4. The molecule has 0 aliphatic heterocycles. The average molecular weight is 252 g/mol. The molecule has 0 unspecified atom stereocenters. The summed E-state index contributed by atoms with van der Waals surface area (Å²) in [6.45, 7) is 0.375. The smallest absolute Gasteiger partial charge is 0.274 e. The molecule has 2 aromatic heterocycles. The number of rotatable bonds is 3. The van der Waals surface area contributed by atoms with Crippen LogP contribution in [0.1, 0.15) is 16.3 Å². The zero-order chi connectivity index (χ0) is 12.3. The number of imidazole rings is 1. The first kappa shape index (κ1) is 11.5. The van der Waals surface area contributed by atoms with Crippen LogP contribution in [0.2, 0.25) is 5.15 Å². The summed E-state index contributed by atoms with van der Waals surface area (Å²) in [6, 6.07) is 0. The Morgan fingerprint density at radius 1 is 1.53 bits per heavy atom. The lowest BCUT2D eigenvalue weighted by atomic mass is 10.4. The first-order valence-electron chi connectivity index (χ1n) is 4.88. The van der Waals surface area contributed by atoms with Crippen LogP contribution < -0.4 is 0 Å². The highest BCUT2D eigenvalue weighted by Crippen LogP contribution is 2.06. The van der Waals surface area contributed by atoms with Crippen molar-refractivity contribution in [1.82, 2.24) is 24.8 Å². The van der Waals surface area contributed by atoms with Crippen LogP contribution in [0.4, 0.5) is 0 Å². The van der Waals surface area contributed by atoms with Crippen LogP contribution in [0.15, 0.2) is 24.8 Å². The molecule has 0 fully saturated rings. The average Bonchev–Trinajstić information content (AvgIpc) is 2.80. The molecule has 2 rings (SSSR count). The van der Waals surface area contributed by atoms with Crippen LogP contribution >= 0.6 is 11.6 Å². The molecule has 1 N–H and O–H groups in total. The molecule has 0 bridgehead atoms. The number of halogens is 1. The predicted molar refractivity (Wildman–Crippen MR) is 61.4 cm³/mol. The number of hydrogen-bond donors (Lipinski definition) is 1. The minimum absolute atomic E-state index is 0.197. The second-order valence-corrected chi connectivity index (χ2v) is 3.81. The van der Waals surface area contributed by atoms with Gasteiger partial charge in [-0.3, -0.25) is 9.78 Å². The minimum Gasteiger partial charge on any atom is -0.347 e. The second kappa shape index (κ2) is 4.92. The quantitative estimate of drug-likeness (QED) is 0.887. The predicted octanol–water partition coefficient (Wildman–Crippen LogP) is 1.13. The van der Waals surface area contributed by atoms with E-state index in [1.807, 2.05) is 0 Å². The van der Waals surface area contributed by atoms with E-state index in [4.69, 9.17) is 11.6 Å². The molecule has 7 heteroatoms. The van der Waals surface area contributed by atoms with Gasteiger partial charge in [-0.2, -0.15) is 0 Å². The Morgan fingerprint density at radius 2 is 2.35 bits per heavy atom. The first-order valence-corrected chi connectivity index (χ1v) is 5.26. The van der Waals surface area contributed by atoms with Gasteiger partial charge in [0.25, 0.3) is 5.91 Å². The van der Waals surface area contributed by atoms with E-state index < -0.39 is 0 Å². The van der Waals surface area contributed by atoms with Gasteiger partial charge in [0.15, 0.2) is 0 Å². The summed E-state index contributed by atoms with van der Waals surface area (Å²) < 4.78 is 0. The van der Waals surface area contributed by atoms with Crippen molar-refractivity contribution < 1.29 is 4.79 Å². The molecule has 0 saturated heterocycles. The number of nitrogens with one attached hydrogen (secondary N) is 1. The number of aromatic amines is 1. The minimum atomic E-state index is -0.253. The first-order chi connectivity index (χ1) is 8.16. The molecule has 17 heavy (non-hydrogen) atoms. The number of hydrogen-bond acceptors (Lipinski definition) is 4. The van der Waals surface area contributed by atoms with Crippen LogP contribution in [0.3, 0.4) is 0 Å². The Labute approximate surface area is 103 Å². The number of nitrogens with zero attached hydrogens (tertiary/aromatic N) is 4. The van der Waals surface area contributed by atoms with E-state index in [9.17, 15) is 4.79 Å². The van der Waals surface area contributed by atoms with E-state index in [-0.39, 0.29) is 16.8 Å². The molecule has 0 atom stereocenters. The monoisotopic (exact) mass is 251 g/mol. The molecule has 0 aromatic carbocycles. The highest BCUT2D eigenvalue weighted by molar-refractivity contribution is 6.29. The Balaban J connectivity index is 2.09. The lowest BCUT2D eigenvalue weighted by Crippen LogP contribution is -2.27. The van der Waals surface area contributed by atoms with Crippen molar-refractivity contribution in [3.05, 3.63) is 41.5 Å². The number of carbonyl (C=O) groups excluding carboxylic acids is 1. The van der Waals surface area contributed by atoms with Gasteiger partial charge in [-0.15, -0.1) is 0 Å². The summed E-state index contributed by atoms with van der Waals surface area (Å²) in [5.74, 6) is 0.451. The van der Waals surface area contributed by atoms with Gasteiger partial charge in [0, 0.05) is 19.4 Å². The number of amides is 1. The highest BCUT2D eigenvalue weighted by Gasteiger charge is 2.14. The number of carbonyl (C=O) groups is 1. The van der Waals surface area contributed by atoms with Gasteiger partial charge < -0.3 is 9.88 Å². The van der Waals surface area contributed by atoms with E-state index in [0.717, 1.165) is 0 Å². The molecular weight excluding hydrogens is 242 g/mol. The molecular formula is C10H10ClN5O. The van der Waals surface area contributed by atoms with E-state index >= 15 is 0 Å². The SMILES string of the molecule is CN(Cc1ncc[nH]1)C(=O)c1cncc(Cl)n1. The summed E-state index contributed by atoms with van der Waals surface area (Å²) in [7, 11) is 1.66. The van der Waals surface area contributed by atoms with Crippen molar-refractivity contribution in [3.63, 3.8) is 0 Å². The van der Waals surface area contributed by atoms with Crippen LogP contribution in [0.5, 0.6) is 0 Å². The van der Waals surface area contributed by atoms with Crippen molar-refractivity contribution in [2.75, 3.05) is 7.05 Å². The third-order valence-corrected chi connectivity index (χ3v) is 2.29. The zero-order valence-corrected chi connectivity index (χ0v) is 9.85. The Kier molecular flexibility index (Phi) is 3.34. The second-order valence-electron chi connectivity index (χ2n) is 3.42. The molecule has 88 valence electrons. The van der Waals surface area contributed by atoms with Crippen molar-refractivity contribution in [2.45, 2.75) is 6.54 Å². The van der Waals surface area contributed by atoms with Crippen LogP contribution in [-0.2, 0) is 6.54 Å². The summed E-state index contributed by atoms with van der Waals surface area (Å²) in [5, 5.41) is 0.197. The van der Waals surface area contributed by atoms with E-state index in [0.29, 0.717) is 12.4 Å². The molecule has 0 saturated carbocycles. The van der Waals surface area contributed by atoms with Gasteiger partial charge >= 0.3 is 0 Å². The van der Waals surface area contributed by atoms with E-state index in [2.05, 4.69) is 19.9 Å². The standard InChI is InChI=1S/C10H10ClN5O/c1-16(6-9-13-2-3-14-9)10(17)7-4-12-5-8(11)15-7/h2-5H,6H2,1H3,(H,13,14). The molecule has 0 radical (unpaired) electrons. The fraction of sp³-hybridized carbons (Fsp3) is 0.200. The molecule has 2 aromatic rings. The molecule has 0 aliphatic rings. The molecule has 1 amide bonds. The van der Waals surface area contributed by atoms with Gasteiger partial charge in [-0.1, -0.05) is 11.6 Å². The largest absolute Gasteiger partial charge is 0.347 e. The van der Waals surface area contributed by atoms with Crippen LogP contribution in [0.25, 0.3) is 0 Å². The summed E-state index contributed by atoms with van der Waals surface area (Å²) >= 11 is 5.67. The fourth-order valence-electron chi connectivity index (χ4n) is 1.32. The third-order valence-electron chi connectivity index (χ3n) is 2.11. The molecule has 2 heterocycles. The zero-order valence-electron chi connectivity index (χ0n) is 9.09. The summed E-state index contributed by atoms with van der Waals surface area (Å²) in [4.78, 5) is 28.1. The van der Waals surface area contributed by atoms with Crippen molar-refractivity contribution >= 4 is 17.5 Å². The van der Waals surface area contributed by atoms with Gasteiger partial charge in [0.1, 0.15) is 16.7 Å². The van der Waals surface area contributed by atoms with Gasteiger partial charge in [-0.25, -0.2) is 9.97 Å². The lowest BCUT2D eigenvalue weighted by molar-refractivity contribution is 0.0775. The highest BCUT2D eigenvalue weighted by atomic mass is 35.5. The van der Waals surface area contributed by atoms with E-state index in [1.165, 1.54) is 17.3 Å². The topological polar surface area (TPSA) is 74.8 Å². The molecule has 0 aliphatic carbocycles. The van der Waals surface area contributed by atoms with Gasteiger partial charge in [0.2, 0.25) is 0 Å².